The van der Waals surface area contributed by atoms with Gasteiger partial charge in [0, 0.05) is 5.56 Å². The number of hydrogen-bond donors (Lipinski definition) is 0. The molecule has 0 bridgehead atoms. The molecule has 190 valence electrons. The summed E-state index contributed by atoms with van der Waals surface area (Å²) in [6.07, 6.45) is 13.4. The largest absolute Gasteiger partial charge is 0.491 e. The molecule has 3 heteroatoms. The molecule has 0 radical (unpaired) electrons. The van der Waals surface area contributed by atoms with Gasteiger partial charge < -0.3 is 4.74 Å². The van der Waals surface area contributed by atoms with Crippen LogP contribution >= 0.6 is 11.6 Å². The van der Waals surface area contributed by atoms with Gasteiger partial charge in [0.05, 0.1) is 11.6 Å². The fourth-order valence-electron chi connectivity index (χ4n) is 5.12. The number of hydrogen-bond acceptors (Lipinski definition) is 1. The van der Waals surface area contributed by atoms with Crippen molar-refractivity contribution in [2.45, 2.75) is 71.6 Å². The molecule has 0 fully saturated rings. The van der Waals surface area contributed by atoms with Gasteiger partial charge in [0.2, 0.25) is 0 Å². The molecule has 0 N–H and O–H groups in total. The van der Waals surface area contributed by atoms with Crippen LogP contribution in [0.3, 0.4) is 0 Å². The molecule has 3 aromatic rings. The van der Waals surface area contributed by atoms with Crippen LogP contribution in [0.5, 0.6) is 5.75 Å². The van der Waals surface area contributed by atoms with Crippen molar-refractivity contribution in [3.8, 4) is 16.9 Å². The highest BCUT2D eigenvalue weighted by Gasteiger charge is 2.17. The molecule has 0 spiro atoms. The molecular weight excluding hydrogens is 467 g/mol. The number of halogens is 2. The number of ether oxygens (including phenoxy) is 1. The fourth-order valence-corrected chi connectivity index (χ4v) is 5.39. The molecule has 1 nitrogen and oxygen atoms in total. The molecule has 4 rings (SSSR count). The summed E-state index contributed by atoms with van der Waals surface area (Å²) < 4.78 is 19.8. The highest BCUT2D eigenvalue weighted by Crippen LogP contribution is 2.37. The second kappa shape index (κ2) is 13.1. The van der Waals surface area contributed by atoms with E-state index in [0.717, 1.165) is 30.7 Å². The van der Waals surface area contributed by atoms with E-state index in [9.17, 15) is 4.39 Å². The van der Waals surface area contributed by atoms with Crippen molar-refractivity contribution in [1.82, 2.24) is 0 Å². The molecular formula is C33H38ClFO. The van der Waals surface area contributed by atoms with Crippen LogP contribution in [0.2, 0.25) is 5.02 Å². The van der Waals surface area contributed by atoms with Gasteiger partial charge >= 0.3 is 0 Å². The zero-order chi connectivity index (χ0) is 25.3. The van der Waals surface area contributed by atoms with Gasteiger partial charge in [-0.25, -0.2) is 4.39 Å². The monoisotopic (exact) mass is 504 g/mol. The lowest BCUT2D eigenvalue weighted by Crippen LogP contribution is -2.07. The maximum atomic E-state index is 14.5. The highest BCUT2D eigenvalue weighted by atomic mass is 35.5. The molecule has 1 unspecified atom stereocenters. The van der Waals surface area contributed by atoms with Crippen molar-refractivity contribution in [2.24, 2.45) is 5.92 Å². The third kappa shape index (κ3) is 6.79. The summed E-state index contributed by atoms with van der Waals surface area (Å²) in [5, 5.41) is 0.111. The molecule has 3 aromatic carbocycles. The van der Waals surface area contributed by atoms with Crippen molar-refractivity contribution in [2.75, 3.05) is 6.61 Å². The van der Waals surface area contributed by atoms with E-state index in [1.54, 1.807) is 6.07 Å². The third-order valence-electron chi connectivity index (χ3n) is 7.37. The normalized spacial score (nSPS) is 15.6. The Morgan fingerprint density at radius 1 is 0.861 bits per heavy atom. The van der Waals surface area contributed by atoms with Crippen LogP contribution in [0.1, 0.15) is 75.5 Å². The maximum absolute atomic E-state index is 14.5. The molecule has 1 atom stereocenters. The van der Waals surface area contributed by atoms with Crippen molar-refractivity contribution in [3.63, 3.8) is 0 Å². The average molecular weight is 505 g/mol. The molecule has 1 aliphatic carbocycles. The van der Waals surface area contributed by atoms with E-state index in [4.69, 9.17) is 16.3 Å². The fraction of sp³-hybridized carbons (Fsp3) is 0.394. The van der Waals surface area contributed by atoms with Crippen LogP contribution in [-0.4, -0.2) is 6.61 Å². The van der Waals surface area contributed by atoms with Gasteiger partial charge in [-0.2, -0.15) is 0 Å². The second-order valence-electron chi connectivity index (χ2n) is 9.93. The van der Waals surface area contributed by atoms with E-state index in [1.807, 2.05) is 25.1 Å². The first-order valence-corrected chi connectivity index (χ1v) is 13.9. The molecule has 0 heterocycles. The SMILES string of the molecule is CCCCCc1ccc(CCC2CC=C(c3ccc(-c4ccc(OCC)c(F)c4Cl)cc3)CC2)cc1. The summed E-state index contributed by atoms with van der Waals surface area (Å²) in [5.41, 5.74) is 7.20. The van der Waals surface area contributed by atoms with Crippen molar-refractivity contribution < 1.29 is 9.13 Å². The van der Waals surface area contributed by atoms with Crippen LogP contribution in [0.4, 0.5) is 4.39 Å². The standard InChI is InChI=1S/C33H38ClFO/c1-3-5-6-7-24-8-10-25(11-9-24)12-13-26-14-16-27(17-15-26)28-18-20-29(21-19-28)30-22-23-31(36-4-2)33(35)32(30)34/h8-11,16,18-23,26H,3-7,12-15,17H2,1-2H3. The minimum atomic E-state index is -0.496. The Morgan fingerprint density at radius 3 is 2.19 bits per heavy atom. The van der Waals surface area contributed by atoms with E-state index in [-0.39, 0.29) is 10.8 Å². The van der Waals surface area contributed by atoms with Crippen LogP contribution in [0.15, 0.2) is 66.7 Å². The predicted molar refractivity (Wildman–Crippen MR) is 151 cm³/mol. The molecule has 36 heavy (non-hydrogen) atoms. The molecule has 0 aromatic heterocycles. The lowest BCUT2D eigenvalue weighted by molar-refractivity contribution is 0.322. The molecule has 0 saturated carbocycles. The maximum Gasteiger partial charge on any atom is 0.184 e. The number of benzene rings is 3. The lowest BCUT2D eigenvalue weighted by Gasteiger charge is -2.22. The van der Waals surface area contributed by atoms with Gasteiger partial charge in [-0.15, -0.1) is 0 Å². The summed E-state index contributed by atoms with van der Waals surface area (Å²) in [4.78, 5) is 0. The number of unbranched alkanes of at least 4 members (excludes halogenated alkanes) is 2. The third-order valence-corrected chi connectivity index (χ3v) is 7.74. The van der Waals surface area contributed by atoms with Gasteiger partial charge in [-0.1, -0.05) is 86.0 Å². The molecule has 0 amide bonds. The summed E-state index contributed by atoms with van der Waals surface area (Å²) in [6.45, 7) is 4.49. The van der Waals surface area contributed by atoms with Gasteiger partial charge in [0.1, 0.15) is 0 Å². The Kier molecular flexibility index (Phi) is 9.64. The van der Waals surface area contributed by atoms with Gasteiger partial charge in [-0.05, 0) is 97.7 Å². The van der Waals surface area contributed by atoms with E-state index >= 15 is 0 Å². The van der Waals surface area contributed by atoms with Crippen molar-refractivity contribution in [3.05, 3.63) is 94.3 Å². The van der Waals surface area contributed by atoms with Crippen LogP contribution in [0.25, 0.3) is 16.7 Å². The van der Waals surface area contributed by atoms with Crippen LogP contribution in [-0.2, 0) is 12.8 Å². The molecule has 0 saturated heterocycles. The van der Waals surface area contributed by atoms with Crippen molar-refractivity contribution in [1.29, 1.82) is 0 Å². The Bertz CT molecular complexity index is 1150. The summed E-state index contributed by atoms with van der Waals surface area (Å²) in [7, 11) is 0. The quantitative estimate of drug-likeness (QED) is 0.236. The summed E-state index contributed by atoms with van der Waals surface area (Å²) >= 11 is 6.31. The smallest absolute Gasteiger partial charge is 0.184 e. The van der Waals surface area contributed by atoms with E-state index in [2.05, 4.69) is 49.4 Å². The van der Waals surface area contributed by atoms with E-state index in [0.29, 0.717) is 12.2 Å². The first kappa shape index (κ1) is 26.5. The molecule has 1 aliphatic rings. The molecule has 0 aliphatic heterocycles. The minimum absolute atomic E-state index is 0.111. The first-order valence-electron chi connectivity index (χ1n) is 13.6. The van der Waals surface area contributed by atoms with E-state index in [1.165, 1.54) is 60.8 Å². The highest BCUT2D eigenvalue weighted by molar-refractivity contribution is 6.33. The van der Waals surface area contributed by atoms with E-state index < -0.39 is 5.82 Å². The second-order valence-corrected chi connectivity index (χ2v) is 10.3. The van der Waals surface area contributed by atoms with Gasteiger partial charge in [0.25, 0.3) is 0 Å². The Balaban J connectivity index is 1.31. The Morgan fingerprint density at radius 2 is 1.56 bits per heavy atom. The predicted octanol–water partition coefficient (Wildman–Crippen LogP) is 10.1. The zero-order valence-corrected chi connectivity index (χ0v) is 22.4. The topological polar surface area (TPSA) is 9.23 Å². The first-order chi connectivity index (χ1) is 17.6. The zero-order valence-electron chi connectivity index (χ0n) is 21.7. The summed E-state index contributed by atoms with van der Waals surface area (Å²) in [6, 6.07) is 21.1. The van der Waals surface area contributed by atoms with Crippen LogP contribution < -0.4 is 4.74 Å². The van der Waals surface area contributed by atoms with Crippen molar-refractivity contribution >= 4 is 17.2 Å². The van der Waals surface area contributed by atoms with Gasteiger partial charge in [0.15, 0.2) is 11.6 Å². The Hall–Kier alpha value is -2.58. The summed E-state index contributed by atoms with van der Waals surface area (Å²) in [5.74, 6) is 0.455. The minimum Gasteiger partial charge on any atom is -0.491 e. The van der Waals surface area contributed by atoms with Gasteiger partial charge in [-0.3, -0.25) is 0 Å². The Labute approximate surface area is 221 Å². The number of allylic oxidation sites excluding steroid dienone is 2. The average Bonchev–Trinajstić information content (AvgIpc) is 2.92. The lowest BCUT2D eigenvalue weighted by atomic mass is 9.83. The number of aryl methyl sites for hydroxylation is 2. The number of rotatable bonds is 11. The van der Waals surface area contributed by atoms with Crippen LogP contribution in [0, 0.1) is 11.7 Å².